The van der Waals surface area contributed by atoms with E-state index in [0.717, 1.165) is 19.3 Å². The minimum Gasteiger partial charge on any atom is -0.354 e. The smallest absolute Gasteiger partial charge is 0.255 e. The van der Waals surface area contributed by atoms with Crippen molar-refractivity contribution >= 4 is 22.7 Å². The fourth-order valence-corrected chi connectivity index (χ4v) is 3.50. The van der Waals surface area contributed by atoms with Gasteiger partial charge in [-0.2, -0.15) is 0 Å². The summed E-state index contributed by atoms with van der Waals surface area (Å²) < 4.78 is 13.5. The van der Waals surface area contributed by atoms with E-state index in [9.17, 15) is 18.8 Å². The summed E-state index contributed by atoms with van der Waals surface area (Å²) in [7, 11) is 0. The second-order valence-corrected chi connectivity index (χ2v) is 6.73. The maximum absolute atomic E-state index is 13.5. The van der Waals surface area contributed by atoms with Crippen molar-refractivity contribution in [1.82, 2.24) is 15.2 Å². The molecule has 27 heavy (non-hydrogen) atoms. The van der Waals surface area contributed by atoms with Gasteiger partial charge in [-0.25, -0.2) is 4.39 Å². The number of benzene rings is 1. The first-order valence-corrected chi connectivity index (χ1v) is 9.10. The third kappa shape index (κ3) is 4.33. The topological polar surface area (TPSA) is 108 Å². The highest BCUT2D eigenvalue weighted by atomic mass is 19.1. The number of piperidine rings is 1. The number of hydrogen-bond donors (Lipinski definition) is 3. The van der Waals surface area contributed by atoms with Crippen molar-refractivity contribution in [3.63, 3.8) is 0 Å². The highest BCUT2D eigenvalue weighted by Gasteiger charge is 2.29. The summed E-state index contributed by atoms with van der Waals surface area (Å²) in [5, 5.41) is 3.31. The van der Waals surface area contributed by atoms with Crippen LogP contribution < -0.4 is 16.6 Å². The van der Waals surface area contributed by atoms with Gasteiger partial charge >= 0.3 is 0 Å². The lowest BCUT2D eigenvalue weighted by molar-refractivity contribution is -0.121. The number of rotatable bonds is 5. The van der Waals surface area contributed by atoms with Crippen molar-refractivity contribution in [1.29, 1.82) is 0 Å². The Morgan fingerprint density at radius 2 is 2.11 bits per heavy atom. The zero-order chi connectivity index (χ0) is 19.4. The lowest BCUT2D eigenvalue weighted by Crippen LogP contribution is -2.49. The molecule has 1 fully saturated rings. The Balaban J connectivity index is 1.87. The number of H-pyrrole nitrogens is 1. The Labute approximate surface area is 155 Å². The van der Waals surface area contributed by atoms with Crippen molar-refractivity contribution in [2.45, 2.75) is 31.7 Å². The quantitative estimate of drug-likeness (QED) is 0.729. The van der Waals surface area contributed by atoms with Crippen LogP contribution in [0.2, 0.25) is 0 Å². The molecular formula is C19H23FN4O3. The van der Waals surface area contributed by atoms with Crippen molar-refractivity contribution in [3.05, 3.63) is 46.0 Å². The van der Waals surface area contributed by atoms with Gasteiger partial charge in [-0.1, -0.05) is 0 Å². The zero-order valence-electron chi connectivity index (χ0n) is 15.0. The van der Waals surface area contributed by atoms with Crippen LogP contribution in [0.3, 0.4) is 0 Å². The summed E-state index contributed by atoms with van der Waals surface area (Å²) in [6.07, 6.45) is 2.83. The van der Waals surface area contributed by atoms with E-state index in [-0.39, 0.29) is 41.9 Å². The molecule has 1 aromatic heterocycles. The van der Waals surface area contributed by atoms with E-state index in [2.05, 4.69) is 10.3 Å². The number of amides is 2. The number of carbonyl (C=O) groups excluding carboxylic acids is 2. The van der Waals surface area contributed by atoms with Gasteiger partial charge in [0.25, 0.3) is 5.91 Å². The first kappa shape index (κ1) is 19.0. The Hall–Kier alpha value is -2.74. The van der Waals surface area contributed by atoms with E-state index >= 15 is 0 Å². The molecule has 0 radical (unpaired) electrons. The summed E-state index contributed by atoms with van der Waals surface area (Å²) in [6.45, 7) is 1.17. The zero-order valence-corrected chi connectivity index (χ0v) is 15.0. The standard InChI is InChI=1S/C19H23FN4O3/c20-12-4-5-14-15(10-18(26)23-16(14)9-12)19(27)24-8-2-1-3-13(24)11-22-17(25)6-7-21/h4-5,9-10,13H,1-3,6-8,11,21H2,(H,22,25)(H,23,26). The van der Waals surface area contributed by atoms with Crippen molar-refractivity contribution in [2.75, 3.05) is 19.6 Å². The van der Waals surface area contributed by atoms with Crippen LogP contribution in [0.1, 0.15) is 36.0 Å². The number of aromatic amines is 1. The van der Waals surface area contributed by atoms with Gasteiger partial charge < -0.3 is 20.9 Å². The van der Waals surface area contributed by atoms with Crippen molar-refractivity contribution in [3.8, 4) is 0 Å². The van der Waals surface area contributed by atoms with Crippen molar-refractivity contribution < 1.29 is 14.0 Å². The average molecular weight is 374 g/mol. The molecule has 3 rings (SSSR count). The Kier molecular flexibility index (Phi) is 5.85. The van der Waals surface area contributed by atoms with Crippen molar-refractivity contribution in [2.24, 2.45) is 5.73 Å². The molecule has 1 saturated heterocycles. The minimum atomic E-state index is -0.485. The van der Waals surface area contributed by atoms with Crippen LogP contribution >= 0.6 is 0 Å². The highest BCUT2D eigenvalue weighted by Crippen LogP contribution is 2.23. The molecule has 0 saturated carbocycles. The molecule has 0 spiro atoms. The highest BCUT2D eigenvalue weighted by molar-refractivity contribution is 6.06. The molecule has 2 aromatic rings. The van der Waals surface area contributed by atoms with E-state index < -0.39 is 11.4 Å². The van der Waals surface area contributed by atoms with Gasteiger partial charge in [0.15, 0.2) is 0 Å². The van der Waals surface area contributed by atoms with Crippen LogP contribution in [0.4, 0.5) is 4.39 Å². The SMILES string of the molecule is NCCC(=O)NCC1CCCCN1C(=O)c1cc(=O)[nH]c2cc(F)ccc12. The molecular weight excluding hydrogens is 351 g/mol. The summed E-state index contributed by atoms with van der Waals surface area (Å²) in [4.78, 5) is 41.1. The largest absolute Gasteiger partial charge is 0.354 e. The van der Waals surface area contributed by atoms with Crippen LogP contribution in [-0.2, 0) is 4.79 Å². The second-order valence-electron chi connectivity index (χ2n) is 6.73. The molecule has 2 amide bonds. The van der Waals surface area contributed by atoms with E-state index in [1.54, 1.807) is 4.90 Å². The van der Waals surface area contributed by atoms with Crippen LogP contribution in [0.25, 0.3) is 10.9 Å². The van der Waals surface area contributed by atoms with Gasteiger partial charge in [-0.3, -0.25) is 14.4 Å². The fourth-order valence-electron chi connectivity index (χ4n) is 3.50. The molecule has 144 valence electrons. The van der Waals surface area contributed by atoms with Crippen LogP contribution in [-0.4, -0.2) is 47.4 Å². The summed E-state index contributed by atoms with van der Waals surface area (Å²) in [5.74, 6) is -0.913. The maximum Gasteiger partial charge on any atom is 0.255 e. The van der Waals surface area contributed by atoms with Crippen LogP contribution in [0.5, 0.6) is 0 Å². The minimum absolute atomic E-state index is 0.146. The second kappa shape index (κ2) is 8.30. The molecule has 7 nitrogen and oxygen atoms in total. The summed E-state index contributed by atoms with van der Waals surface area (Å²) in [5.41, 5.74) is 5.46. The molecule has 1 aliphatic rings. The number of fused-ring (bicyclic) bond motifs is 1. The van der Waals surface area contributed by atoms with Gasteiger partial charge in [0, 0.05) is 43.5 Å². The lowest BCUT2D eigenvalue weighted by Gasteiger charge is -2.36. The monoisotopic (exact) mass is 374 g/mol. The molecule has 2 heterocycles. The molecule has 1 aliphatic heterocycles. The molecule has 1 aromatic carbocycles. The Morgan fingerprint density at radius 3 is 2.89 bits per heavy atom. The van der Waals surface area contributed by atoms with E-state index in [1.807, 2.05) is 0 Å². The van der Waals surface area contributed by atoms with E-state index in [0.29, 0.717) is 18.5 Å². The fraction of sp³-hybridized carbons (Fsp3) is 0.421. The van der Waals surface area contributed by atoms with Gasteiger partial charge in [-0.05, 0) is 37.5 Å². The lowest BCUT2D eigenvalue weighted by atomic mass is 9.99. The number of nitrogens with two attached hydrogens (primary N) is 1. The number of likely N-dealkylation sites (tertiary alicyclic amines) is 1. The van der Waals surface area contributed by atoms with Crippen LogP contribution in [0, 0.1) is 5.82 Å². The molecule has 0 aliphatic carbocycles. The van der Waals surface area contributed by atoms with Gasteiger partial charge in [0.05, 0.1) is 11.1 Å². The third-order valence-electron chi connectivity index (χ3n) is 4.83. The third-order valence-corrected chi connectivity index (χ3v) is 4.83. The molecule has 4 N–H and O–H groups in total. The average Bonchev–Trinajstić information content (AvgIpc) is 2.65. The van der Waals surface area contributed by atoms with Gasteiger partial charge in [-0.15, -0.1) is 0 Å². The predicted octanol–water partition coefficient (Wildman–Crippen LogP) is 1.13. The maximum atomic E-state index is 13.5. The number of pyridine rings is 1. The first-order valence-electron chi connectivity index (χ1n) is 9.10. The molecule has 1 atom stereocenters. The van der Waals surface area contributed by atoms with E-state index in [4.69, 9.17) is 5.73 Å². The summed E-state index contributed by atoms with van der Waals surface area (Å²) in [6, 6.07) is 5.06. The number of nitrogens with zero attached hydrogens (tertiary/aromatic N) is 1. The summed E-state index contributed by atoms with van der Waals surface area (Å²) >= 11 is 0. The molecule has 1 unspecified atom stereocenters. The number of halogens is 1. The van der Waals surface area contributed by atoms with Crippen LogP contribution in [0.15, 0.2) is 29.1 Å². The normalized spacial score (nSPS) is 17.1. The Morgan fingerprint density at radius 1 is 1.30 bits per heavy atom. The molecule has 0 bridgehead atoms. The first-order chi connectivity index (χ1) is 13.0. The van der Waals surface area contributed by atoms with Gasteiger partial charge in [0.2, 0.25) is 11.5 Å². The Bertz CT molecular complexity index is 911. The predicted molar refractivity (Wildman–Crippen MR) is 99.9 cm³/mol. The number of hydrogen-bond acceptors (Lipinski definition) is 4. The number of aromatic nitrogens is 1. The van der Waals surface area contributed by atoms with E-state index in [1.165, 1.54) is 24.3 Å². The number of carbonyl (C=O) groups is 2. The molecule has 8 heteroatoms. The number of nitrogens with one attached hydrogen (secondary N) is 2. The van der Waals surface area contributed by atoms with Gasteiger partial charge in [0.1, 0.15) is 5.82 Å².